The molecule has 0 atom stereocenters. The molecule has 0 aliphatic rings. The van der Waals surface area contributed by atoms with Gasteiger partial charge < -0.3 is 35.5 Å². The molecular formula is C16H34N4O5. The number of carbonyl (C=O) groups excluding carboxylic acids is 2. The van der Waals surface area contributed by atoms with Crippen molar-refractivity contribution in [1.29, 1.82) is 0 Å². The fourth-order valence-corrected chi connectivity index (χ4v) is 2.06. The number of alkyl carbamates (subject to hydrolysis) is 2. The first-order valence-corrected chi connectivity index (χ1v) is 8.77. The van der Waals surface area contributed by atoms with Crippen LogP contribution in [-0.4, -0.2) is 78.9 Å². The molecule has 0 saturated heterocycles. The molecule has 0 spiro atoms. The lowest BCUT2D eigenvalue weighted by molar-refractivity contribution is 0.0975. The minimum Gasteiger partial charge on any atom is -0.447 e. The van der Waals surface area contributed by atoms with E-state index in [0.29, 0.717) is 32.8 Å². The van der Waals surface area contributed by atoms with Gasteiger partial charge in [0.05, 0.1) is 6.61 Å². The Hall–Kier alpha value is -1.58. The van der Waals surface area contributed by atoms with Crippen LogP contribution in [0.1, 0.15) is 25.7 Å². The van der Waals surface area contributed by atoms with Gasteiger partial charge in [0.2, 0.25) is 0 Å². The topological polar surface area (TPSA) is 110 Å². The van der Waals surface area contributed by atoms with Crippen LogP contribution < -0.4 is 21.3 Å². The normalized spacial score (nSPS) is 10.6. The molecule has 0 aromatic heterocycles. The third-order valence-electron chi connectivity index (χ3n) is 3.30. The average Bonchev–Trinajstić information content (AvgIpc) is 2.58. The molecule has 0 aromatic carbocycles. The van der Waals surface area contributed by atoms with E-state index in [2.05, 4.69) is 21.3 Å². The molecule has 0 aliphatic heterocycles. The summed E-state index contributed by atoms with van der Waals surface area (Å²) >= 11 is 0. The zero-order valence-corrected chi connectivity index (χ0v) is 15.7. The molecule has 4 N–H and O–H groups in total. The number of unbranched alkanes of at least 4 members (excludes halogenated alkanes) is 3. The predicted molar refractivity (Wildman–Crippen MR) is 95.8 cm³/mol. The monoisotopic (exact) mass is 362 g/mol. The number of methoxy groups -OCH3 is 1. The van der Waals surface area contributed by atoms with Gasteiger partial charge in [0.25, 0.3) is 0 Å². The smallest absolute Gasteiger partial charge is 0.407 e. The largest absolute Gasteiger partial charge is 0.447 e. The summed E-state index contributed by atoms with van der Waals surface area (Å²) in [5.41, 5.74) is 0. The number of carbonyl (C=O) groups is 2. The van der Waals surface area contributed by atoms with E-state index in [4.69, 9.17) is 14.2 Å². The summed E-state index contributed by atoms with van der Waals surface area (Å²) in [4.78, 5) is 22.9. The van der Waals surface area contributed by atoms with Crippen molar-refractivity contribution in [3.8, 4) is 0 Å². The Balaban J connectivity index is 3.47. The third-order valence-corrected chi connectivity index (χ3v) is 3.30. The summed E-state index contributed by atoms with van der Waals surface area (Å²) < 4.78 is 15.0. The van der Waals surface area contributed by atoms with Gasteiger partial charge in [-0.15, -0.1) is 0 Å². The molecule has 9 nitrogen and oxygen atoms in total. The van der Waals surface area contributed by atoms with Gasteiger partial charge in [-0.3, -0.25) is 0 Å². The van der Waals surface area contributed by atoms with Crippen LogP contribution in [0.3, 0.4) is 0 Å². The molecular weight excluding hydrogens is 328 g/mol. The summed E-state index contributed by atoms with van der Waals surface area (Å²) in [7, 11) is 5.19. The second kappa shape index (κ2) is 17.2. The van der Waals surface area contributed by atoms with Crippen LogP contribution >= 0.6 is 0 Å². The molecule has 0 rings (SSSR count). The van der Waals surface area contributed by atoms with E-state index < -0.39 is 12.2 Å². The van der Waals surface area contributed by atoms with Crippen LogP contribution in [0.2, 0.25) is 0 Å². The Bertz CT molecular complexity index is 338. The molecule has 0 unspecified atom stereocenters. The molecule has 25 heavy (non-hydrogen) atoms. The van der Waals surface area contributed by atoms with Crippen molar-refractivity contribution < 1.29 is 23.8 Å². The highest BCUT2D eigenvalue weighted by molar-refractivity contribution is 5.67. The maximum absolute atomic E-state index is 11.7. The van der Waals surface area contributed by atoms with Gasteiger partial charge in [-0.25, -0.2) is 9.59 Å². The van der Waals surface area contributed by atoms with E-state index in [1.807, 2.05) is 14.1 Å². The van der Waals surface area contributed by atoms with Crippen molar-refractivity contribution in [3.05, 3.63) is 0 Å². The number of likely N-dealkylation sites (N-methyl/N-ethyl adjacent to an activating group) is 2. The van der Waals surface area contributed by atoms with Crippen molar-refractivity contribution >= 4 is 12.2 Å². The Labute approximate surface area is 150 Å². The van der Waals surface area contributed by atoms with Crippen LogP contribution in [0.15, 0.2) is 0 Å². The first kappa shape index (κ1) is 23.4. The predicted octanol–water partition coefficient (Wildman–Crippen LogP) is 0.453. The lowest BCUT2D eigenvalue weighted by atomic mass is 10.2. The maximum atomic E-state index is 11.7. The van der Waals surface area contributed by atoms with Crippen LogP contribution in [0, 0.1) is 0 Å². The van der Waals surface area contributed by atoms with Gasteiger partial charge in [0.1, 0.15) is 12.7 Å². The summed E-state index contributed by atoms with van der Waals surface area (Å²) in [6.07, 6.45) is 2.68. The van der Waals surface area contributed by atoms with Gasteiger partial charge in [0.15, 0.2) is 0 Å². The van der Waals surface area contributed by atoms with Crippen LogP contribution in [0.4, 0.5) is 9.59 Å². The van der Waals surface area contributed by atoms with E-state index in [9.17, 15) is 9.59 Å². The number of rotatable bonds is 15. The minimum absolute atomic E-state index is 0.190. The van der Waals surface area contributed by atoms with E-state index in [0.717, 1.165) is 25.7 Å². The van der Waals surface area contributed by atoms with Crippen molar-refractivity contribution in [2.24, 2.45) is 0 Å². The lowest BCUT2D eigenvalue weighted by Crippen LogP contribution is -2.39. The number of nitrogens with one attached hydrogen (secondary N) is 4. The van der Waals surface area contributed by atoms with Crippen LogP contribution in [0.5, 0.6) is 0 Å². The number of hydrogen-bond acceptors (Lipinski definition) is 7. The van der Waals surface area contributed by atoms with Gasteiger partial charge in [-0.2, -0.15) is 0 Å². The van der Waals surface area contributed by atoms with E-state index in [-0.39, 0.29) is 12.7 Å². The van der Waals surface area contributed by atoms with E-state index >= 15 is 0 Å². The lowest BCUT2D eigenvalue weighted by Gasteiger charge is -2.17. The van der Waals surface area contributed by atoms with Gasteiger partial charge in [-0.05, 0) is 26.9 Å². The highest BCUT2D eigenvalue weighted by Gasteiger charge is 2.12. The van der Waals surface area contributed by atoms with Gasteiger partial charge in [0, 0.05) is 33.3 Å². The second-order valence-electron chi connectivity index (χ2n) is 5.54. The Morgan fingerprint density at radius 1 is 0.840 bits per heavy atom. The Kier molecular flexibility index (Phi) is 16.2. The fraction of sp³-hybridized carbons (Fsp3) is 0.875. The summed E-state index contributed by atoms with van der Waals surface area (Å²) in [5.74, 6) is 0. The minimum atomic E-state index is -0.417. The second-order valence-corrected chi connectivity index (χ2v) is 5.54. The summed E-state index contributed by atoms with van der Waals surface area (Å²) in [6.45, 7) is 3.03. The molecule has 0 bridgehead atoms. The molecule has 148 valence electrons. The summed E-state index contributed by atoms with van der Waals surface area (Å²) in [5, 5.41) is 11.4. The van der Waals surface area contributed by atoms with Gasteiger partial charge in [-0.1, -0.05) is 12.8 Å². The molecule has 0 aliphatic carbocycles. The first-order valence-electron chi connectivity index (χ1n) is 8.77. The quantitative estimate of drug-likeness (QED) is 0.313. The SMILES string of the molecule is CNCC(CNC)OC(=O)NCCCCCCNC(=O)OCCOC. The Morgan fingerprint density at radius 3 is 1.92 bits per heavy atom. The van der Waals surface area contributed by atoms with Crippen LogP contribution in [0.25, 0.3) is 0 Å². The number of hydrogen-bond donors (Lipinski definition) is 4. The summed E-state index contributed by atoms with van der Waals surface area (Å²) in [6, 6.07) is 0. The third kappa shape index (κ3) is 15.7. The highest BCUT2D eigenvalue weighted by atomic mass is 16.6. The zero-order chi connectivity index (χ0) is 18.8. The molecule has 0 fully saturated rings. The van der Waals surface area contributed by atoms with Crippen molar-refractivity contribution in [3.63, 3.8) is 0 Å². The average molecular weight is 362 g/mol. The number of ether oxygens (including phenoxy) is 3. The van der Waals surface area contributed by atoms with Crippen molar-refractivity contribution in [2.75, 3.05) is 60.6 Å². The fourth-order valence-electron chi connectivity index (χ4n) is 2.06. The molecule has 0 saturated carbocycles. The molecule has 0 heterocycles. The maximum Gasteiger partial charge on any atom is 0.407 e. The van der Waals surface area contributed by atoms with E-state index in [1.54, 1.807) is 7.11 Å². The molecule has 0 radical (unpaired) electrons. The highest BCUT2D eigenvalue weighted by Crippen LogP contribution is 1.98. The Morgan fingerprint density at radius 2 is 1.40 bits per heavy atom. The van der Waals surface area contributed by atoms with Gasteiger partial charge >= 0.3 is 12.2 Å². The molecule has 2 amide bonds. The van der Waals surface area contributed by atoms with Crippen LogP contribution in [-0.2, 0) is 14.2 Å². The zero-order valence-electron chi connectivity index (χ0n) is 15.7. The van der Waals surface area contributed by atoms with Crippen molar-refractivity contribution in [2.45, 2.75) is 31.8 Å². The van der Waals surface area contributed by atoms with Crippen molar-refractivity contribution in [1.82, 2.24) is 21.3 Å². The standard InChI is InChI=1S/C16H34N4O5/c1-17-12-14(13-18-2)25-16(22)20-9-7-5-4-6-8-19-15(21)24-11-10-23-3/h14,17-18H,4-13H2,1-3H3,(H,19,21)(H,20,22). The van der Waals surface area contributed by atoms with E-state index in [1.165, 1.54) is 0 Å². The molecule has 0 aromatic rings. The number of amides is 2. The molecule has 9 heteroatoms. The first-order chi connectivity index (χ1) is 12.1.